The summed E-state index contributed by atoms with van der Waals surface area (Å²) in [5, 5.41) is 2.95. The van der Waals surface area contributed by atoms with Gasteiger partial charge in [-0.2, -0.15) is 0 Å². The van der Waals surface area contributed by atoms with Crippen LogP contribution in [0.1, 0.15) is 36.3 Å². The lowest BCUT2D eigenvalue weighted by molar-refractivity contribution is -0.122. The third-order valence-corrected chi connectivity index (χ3v) is 3.20. The van der Waals surface area contributed by atoms with Crippen LogP contribution >= 0.6 is 0 Å². The fourth-order valence-corrected chi connectivity index (χ4v) is 2.16. The van der Waals surface area contributed by atoms with Gasteiger partial charge in [-0.1, -0.05) is 37.3 Å². The van der Waals surface area contributed by atoms with Gasteiger partial charge in [-0.3, -0.25) is 4.79 Å². The lowest BCUT2D eigenvalue weighted by atomic mass is 9.96. The maximum atomic E-state index is 12.3. The van der Waals surface area contributed by atoms with Crippen LogP contribution in [0.15, 0.2) is 42.6 Å². The van der Waals surface area contributed by atoms with E-state index in [1.54, 1.807) is 6.20 Å². The largest absolute Gasteiger partial charge is 0.350 e. The first-order valence-corrected chi connectivity index (χ1v) is 6.82. The third-order valence-electron chi connectivity index (χ3n) is 3.20. The van der Waals surface area contributed by atoms with E-state index in [0.29, 0.717) is 12.4 Å². The summed E-state index contributed by atoms with van der Waals surface area (Å²) in [5.74, 6) is 0.640. The van der Waals surface area contributed by atoms with Crippen LogP contribution in [0.3, 0.4) is 0 Å². The molecule has 2 aromatic rings. The van der Waals surface area contributed by atoms with E-state index in [2.05, 4.69) is 15.3 Å². The minimum atomic E-state index is -0.112. The van der Waals surface area contributed by atoms with Crippen molar-refractivity contribution in [3.05, 3.63) is 59.7 Å². The van der Waals surface area contributed by atoms with Gasteiger partial charge in [0.25, 0.3) is 0 Å². The number of hydrogen-bond donors (Lipinski definition) is 1. The number of amides is 1. The molecule has 0 aliphatic carbocycles. The van der Waals surface area contributed by atoms with E-state index >= 15 is 0 Å². The lowest BCUT2D eigenvalue weighted by Gasteiger charge is -2.15. The van der Waals surface area contributed by atoms with E-state index < -0.39 is 0 Å². The Morgan fingerprint density at radius 3 is 2.65 bits per heavy atom. The molecule has 1 N–H and O–H groups in total. The molecule has 1 amide bonds. The van der Waals surface area contributed by atoms with Crippen LogP contribution in [-0.4, -0.2) is 15.9 Å². The molecule has 0 spiro atoms. The van der Waals surface area contributed by atoms with Crippen molar-refractivity contribution < 1.29 is 4.79 Å². The molecule has 0 aliphatic rings. The number of nitrogens with one attached hydrogen (secondary N) is 1. The Bertz CT molecular complexity index is 569. The summed E-state index contributed by atoms with van der Waals surface area (Å²) < 4.78 is 0. The van der Waals surface area contributed by atoms with E-state index in [0.717, 1.165) is 17.7 Å². The molecule has 2 rings (SSSR count). The predicted molar refractivity (Wildman–Crippen MR) is 78.1 cm³/mol. The molecule has 104 valence electrons. The van der Waals surface area contributed by atoms with Gasteiger partial charge in [0.05, 0.1) is 18.2 Å². The summed E-state index contributed by atoms with van der Waals surface area (Å²) >= 11 is 0. The number of hydrogen-bond acceptors (Lipinski definition) is 3. The van der Waals surface area contributed by atoms with E-state index in [-0.39, 0.29) is 11.8 Å². The number of rotatable bonds is 5. The zero-order valence-electron chi connectivity index (χ0n) is 11.8. The zero-order valence-corrected chi connectivity index (χ0v) is 11.8. The second kappa shape index (κ2) is 6.80. The molecule has 0 saturated carbocycles. The van der Waals surface area contributed by atoms with Crippen molar-refractivity contribution in [2.75, 3.05) is 0 Å². The predicted octanol–water partition coefficient (Wildman–Crippen LogP) is 2.60. The molecule has 0 aliphatic heterocycles. The van der Waals surface area contributed by atoms with Crippen molar-refractivity contribution in [2.45, 2.75) is 32.7 Å². The first-order valence-electron chi connectivity index (χ1n) is 6.82. The molecule has 1 aromatic carbocycles. The number of carbonyl (C=O) groups is 1. The number of benzene rings is 1. The molecule has 0 bridgehead atoms. The minimum absolute atomic E-state index is 0.0370. The normalized spacial score (nSPS) is 11.9. The summed E-state index contributed by atoms with van der Waals surface area (Å²) in [6, 6.07) is 11.7. The molecule has 0 saturated heterocycles. The zero-order chi connectivity index (χ0) is 14.4. The van der Waals surface area contributed by atoms with E-state index in [4.69, 9.17) is 0 Å². The molecule has 1 unspecified atom stereocenters. The Kier molecular flexibility index (Phi) is 4.82. The summed E-state index contributed by atoms with van der Waals surface area (Å²) in [4.78, 5) is 20.6. The van der Waals surface area contributed by atoms with Crippen LogP contribution < -0.4 is 5.32 Å². The van der Waals surface area contributed by atoms with Crippen LogP contribution in [0.4, 0.5) is 0 Å². The second-order valence-corrected chi connectivity index (χ2v) is 4.68. The Morgan fingerprint density at radius 2 is 2.00 bits per heavy atom. The van der Waals surface area contributed by atoms with Crippen molar-refractivity contribution in [3.63, 3.8) is 0 Å². The van der Waals surface area contributed by atoms with Gasteiger partial charge in [0.15, 0.2) is 0 Å². The van der Waals surface area contributed by atoms with Crippen LogP contribution in [0.5, 0.6) is 0 Å². The maximum absolute atomic E-state index is 12.3. The first kappa shape index (κ1) is 14.2. The van der Waals surface area contributed by atoms with Gasteiger partial charge >= 0.3 is 0 Å². The molecular formula is C16H19N3O. The standard InChI is InChI=1S/C16H19N3O/c1-3-15(13-7-5-4-6-8-13)16(20)18-11-14-9-10-17-12(2)19-14/h4-10,15H,3,11H2,1-2H3,(H,18,20). The van der Waals surface area contributed by atoms with Crippen molar-refractivity contribution >= 4 is 5.91 Å². The molecule has 4 nitrogen and oxygen atoms in total. The Hall–Kier alpha value is -2.23. The molecule has 1 aromatic heterocycles. The molecule has 1 atom stereocenters. The van der Waals surface area contributed by atoms with Gasteiger partial charge in [-0.05, 0) is 25.0 Å². The highest BCUT2D eigenvalue weighted by Gasteiger charge is 2.17. The molecule has 0 radical (unpaired) electrons. The number of aryl methyl sites for hydroxylation is 1. The van der Waals surface area contributed by atoms with Crippen molar-refractivity contribution in [1.29, 1.82) is 0 Å². The minimum Gasteiger partial charge on any atom is -0.350 e. The third kappa shape index (κ3) is 3.63. The van der Waals surface area contributed by atoms with E-state index in [1.807, 2.05) is 50.2 Å². The SMILES string of the molecule is CCC(C(=O)NCc1ccnc(C)n1)c1ccccc1. The highest BCUT2D eigenvalue weighted by Crippen LogP contribution is 2.19. The fraction of sp³-hybridized carbons (Fsp3) is 0.312. The van der Waals surface area contributed by atoms with E-state index in [9.17, 15) is 4.79 Å². The lowest BCUT2D eigenvalue weighted by Crippen LogP contribution is -2.29. The van der Waals surface area contributed by atoms with Gasteiger partial charge in [0, 0.05) is 6.20 Å². The maximum Gasteiger partial charge on any atom is 0.227 e. The van der Waals surface area contributed by atoms with Crippen LogP contribution in [0, 0.1) is 6.92 Å². The van der Waals surface area contributed by atoms with Gasteiger partial charge in [-0.25, -0.2) is 9.97 Å². The summed E-state index contributed by atoms with van der Waals surface area (Å²) in [6.45, 7) is 4.29. The van der Waals surface area contributed by atoms with Crippen molar-refractivity contribution in [1.82, 2.24) is 15.3 Å². The molecule has 1 heterocycles. The van der Waals surface area contributed by atoms with E-state index in [1.165, 1.54) is 0 Å². The quantitative estimate of drug-likeness (QED) is 0.907. The summed E-state index contributed by atoms with van der Waals surface area (Å²) in [5.41, 5.74) is 1.88. The fourth-order valence-electron chi connectivity index (χ4n) is 2.16. The Morgan fingerprint density at radius 1 is 1.25 bits per heavy atom. The summed E-state index contributed by atoms with van der Waals surface area (Å²) in [6.07, 6.45) is 2.48. The average Bonchev–Trinajstić information content (AvgIpc) is 2.47. The highest BCUT2D eigenvalue weighted by atomic mass is 16.1. The number of carbonyl (C=O) groups excluding carboxylic acids is 1. The number of aromatic nitrogens is 2. The molecule has 4 heteroatoms. The van der Waals surface area contributed by atoms with Gasteiger partial charge in [0.1, 0.15) is 5.82 Å². The van der Waals surface area contributed by atoms with Crippen molar-refractivity contribution in [2.24, 2.45) is 0 Å². The van der Waals surface area contributed by atoms with Gasteiger partial charge in [0.2, 0.25) is 5.91 Å². The number of nitrogens with zero attached hydrogens (tertiary/aromatic N) is 2. The summed E-state index contributed by atoms with van der Waals surface area (Å²) in [7, 11) is 0. The highest BCUT2D eigenvalue weighted by molar-refractivity contribution is 5.83. The molecule has 0 fully saturated rings. The Labute approximate surface area is 119 Å². The van der Waals surface area contributed by atoms with Crippen LogP contribution in [-0.2, 0) is 11.3 Å². The van der Waals surface area contributed by atoms with Crippen molar-refractivity contribution in [3.8, 4) is 0 Å². The smallest absolute Gasteiger partial charge is 0.227 e. The van der Waals surface area contributed by atoms with Gasteiger partial charge < -0.3 is 5.32 Å². The Balaban J connectivity index is 2.00. The van der Waals surface area contributed by atoms with Gasteiger partial charge in [-0.15, -0.1) is 0 Å². The second-order valence-electron chi connectivity index (χ2n) is 4.68. The first-order chi connectivity index (χ1) is 9.70. The molecular weight excluding hydrogens is 250 g/mol. The monoisotopic (exact) mass is 269 g/mol. The van der Waals surface area contributed by atoms with Crippen LogP contribution in [0.25, 0.3) is 0 Å². The topological polar surface area (TPSA) is 54.9 Å². The van der Waals surface area contributed by atoms with Crippen LogP contribution in [0.2, 0.25) is 0 Å². The molecule has 20 heavy (non-hydrogen) atoms. The average molecular weight is 269 g/mol.